The van der Waals surface area contributed by atoms with Gasteiger partial charge >= 0.3 is 0 Å². The first-order valence-electron chi connectivity index (χ1n) is 2.95. The lowest BCUT2D eigenvalue weighted by atomic mass is 10.2. The van der Waals surface area contributed by atoms with Gasteiger partial charge in [-0.15, -0.1) is 22.9 Å². The van der Waals surface area contributed by atoms with E-state index in [1.54, 1.807) is 0 Å². The van der Waals surface area contributed by atoms with E-state index >= 15 is 0 Å². The van der Waals surface area contributed by atoms with Crippen LogP contribution in [0.3, 0.4) is 0 Å². The fraction of sp³-hybridized carbons (Fsp3) is 0.333. The van der Waals surface area contributed by atoms with Gasteiger partial charge in [-0.1, -0.05) is 23.2 Å². The van der Waals surface area contributed by atoms with Crippen LogP contribution in [0, 0.1) is 0 Å². The Morgan fingerprint density at radius 2 is 2.08 bits per heavy atom. The molecule has 1 unspecified atom stereocenters. The van der Waals surface area contributed by atoms with E-state index < -0.39 is 6.10 Å². The van der Waals surface area contributed by atoms with Gasteiger partial charge in [-0.3, -0.25) is 0 Å². The van der Waals surface area contributed by atoms with Crippen molar-refractivity contribution in [2.24, 2.45) is 0 Å². The maximum absolute atomic E-state index is 9.41. The molecule has 1 aromatic rings. The highest BCUT2D eigenvalue weighted by molar-refractivity contribution is 9.11. The summed E-state index contributed by atoms with van der Waals surface area (Å²) in [5.41, 5.74) is 0.571. The largest absolute Gasteiger partial charge is 0.387 e. The fourth-order valence-corrected chi connectivity index (χ4v) is 3.65. The summed E-state index contributed by atoms with van der Waals surface area (Å²) in [5.74, 6) is 0.103. The summed E-state index contributed by atoms with van der Waals surface area (Å²) >= 11 is 21.5. The van der Waals surface area contributed by atoms with Gasteiger partial charge in [-0.2, -0.15) is 0 Å². The molecule has 1 heterocycles. The van der Waals surface area contributed by atoms with Crippen molar-refractivity contribution in [3.63, 3.8) is 0 Å². The molecule has 0 aliphatic carbocycles. The molecular formula is C6H4BrCl3OS. The smallest absolute Gasteiger partial charge is 0.113 e. The second-order valence-electron chi connectivity index (χ2n) is 2.05. The van der Waals surface area contributed by atoms with Crippen molar-refractivity contribution in [3.8, 4) is 0 Å². The van der Waals surface area contributed by atoms with Gasteiger partial charge in [0, 0.05) is 5.56 Å². The second kappa shape index (κ2) is 4.49. The van der Waals surface area contributed by atoms with Crippen LogP contribution in [0.25, 0.3) is 0 Å². The molecule has 0 aliphatic heterocycles. The van der Waals surface area contributed by atoms with Crippen LogP contribution in [0.1, 0.15) is 11.7 Å². The summed E-state index contributed by atoms with van der Waals surface area (Å²) in [6.45, 7) is 0. The van der Waals surface area contributed by atoms with Crippen LogP contribution in [-0.2, 0) is 0 Å². The van der Waals surface area contributed by atoms with Crippen LogP contribution < -0.4 is 0 Å². The third-order valence-electron chi connectivity index (χ3n) is 1.28. The molecular weight excluding hydrogens is 306 g/mol. The van der Waals surface area contributed by atoms with Crippen LogP contribution in [0.4, 0.5) is 0 Å². The first-order chi connectivity index (χ1) is 5.57. The van der Waals surface area contributed by atoms with E-state index in [-0.39, 0.29) is 5.88 Å². The predicted octanol–water partition coefficient (Wildman–Crippen LogP) is 4.09. The Labute approximate surface area is 97.4 Å². The molecule has 0 bridgehead atoms. The SMILES string of the molecule is OC(CCl)c1c(Br)sc(Cl)c1Cl. The van der Waals surface area contributed by atoms with Crippen molar-refractivity contribution in [1.29, 1.82) is 0 Å². The number of rotatable bonds is 2. The van der Waals surface area contributed by atoms with Crippen molar-refractivity contribution >= 4 is 62.1 Å². The molecule has 1 N–H and O–H groups in total. The molecule has 1 aromatic heterocycles. The molecule has 0 aliphatic rings. The highest BCUT2D eigenvalue weighted by Gasteiger charge is 2.19. The van der Waals surface area contributed by atoms with Gasteiger partial charge < -0.3 is 5.11 Å². The molecule has 12 heavy (non-hydrogen) atoms. The molecule has 0 saturated heterocycles. The molecule has 1 rings (SSSR count). The summed E-state index contributed by atoms with van der Waals surface area (Å²) in [4.78, 5) is 0. The van der Waals surface area contributed by atoms with E-state index in [0.29, 0.717) is 14.9 Å². The van der Waals surface area contributed by atoms with Crippen molar-refractivity contribution < 1.29 is 5.11 Å². The third-order valence-corrected chi connectivity index (χ3v) is 4.29. The van der Waals surface area contributed by atoms with Gasteiger partial charge in [0.15, 0.2) is 0 Å². The zero-order valence-electron chi connectivity index (χ0n) is 5.65. The fourth-order valence-electron chi connectivity index (χ4n) is 0.725. The van der Waals surface area contributed by atoms with Gasteiger partial charge in [-0.05, 0) is 15.9 Å². The molecule has 0 saturated carbocycles. The van der Waals surface area contributed by atoms with Crippen LogP contribution in [0.15, 0.2) is 3.79 Å². The third kappa shape index (κ3) is 2.08. The Bertz CT molecular complexity index is 289. The predicted molar refractivity (Wildman–Crippen MR) is 57.7 cm³/mol. The van der Waals surface area contributed by atoms with Crippen molar-refractivity contribution in [2.45, 2.75) is 6.10 Å². The maximum atomic E-state index is 9.41. The average Bonchev–Trinajstić information content (AvgIpc) is 2.26. The molecule has 0 radical (unpaired) electrons. The summed E-state index contributed by atoms with van der Waals surface area (Å²) in [6.07, 6.45) is -0.766. The topological polar surface area (TPSA) is 20.2 Å². The van der Waals surface area contributed by atoms with Crippen LogP contribution in [0.2, 0.25) is 9.36 Å². The van der Waals surface area contributed by atoms with Crippen LogP contribution in [0.5, 0.6) is 0 Å². The number of aliphatic hydroxyl groups is 1. The van der Waals surface area contributed by atoms with Gasteiger partial charge in [-0.25, -0.2) is 0 Å². The Balaban J connectivity index is 3.13. The van der Waals surface area contributed by atoms with Crippen LogP contribution in [-0.4, -0.2) is 11.0 Å². The summed E-state index contributed by atoms with van der Waals surface area (Å²) in [6, 6.07) is 0. The molecule has 0 aromatic carbocycles. The Kier molecular flexibility index (Phi) is 4.15. The van der Waals surface area contributed by atoms with Crippen LogP contribution >= 0.6 is 62.1 Å². The second-order valence-corrected chi connectivity index (χ2v) is 5.67. The van der Waals surface area contributed by atoms with Crippen molar-refractivity contribution in [1.82, 2.24) is 0 Å². The number of aliphatic hydroxyl groups excluding tert-OH is 1. The van der Waals surface area contributed by atoms with Gasteiger partial charge in [0.1, 0.15) is 4.34 Å². The maximum Gasteiger partial charge on any atom is 0.113 e. The monoisotopic (exact) mass is 308 g/mol. The first-order valence-corrected chi connectivity index (χ1v) is 5.85. The zero-order valence-corrected chi connectivity index (χ0v) is 10.3. The van der Waals surface area contributed by atoms with E-state index in [2.05, 4.69) is 15.9 Å². The minimum atomic E-state index is -0.766. The Morgan fingerprint density at radius 1 is 1.50 bits per heavy atom. The Morgan fingerprint density at radius 3 is 2.42 bits per heavy atom. The van der Waals surface area contributed by atoms with Crippen molar-refractivity contribution in [3.05, 3.63) is 18.7 Å². The van der Waals surface area contributed by atoms with Gasteiger partial charge in [0.25, 0.3) is 0 Å². The quantitative estimate of drug-likeness (QED) is 0.816. The van der Waals surface area contributed by atoms with E-state index in [9.17, 15) is 5.11 Å². The summed E-state index contributed by atoms with van der Waals surface area (Å²) in [5, 5.41) is 9.78. The number of halogens is 4. The van der Waals surface area contributed by atoms with E-state index in [1.807, 2.05) is 0 Å². The Hall–Kier alpha value is 1.01. The highest BCUT2D eigenvalue weighted by atomic mass is 79.9. The van der Waals surface area contributed by atoms with E-state index in [4.69, 9.17) is 34.8 Å². The lowest BCUT2D eigenvalue weighted by Gasteiger charge is -2.05. The van der Waals surface area contributed by atoms with E-state index in [1.165, 1.54) is 11.3 Å². The first kappa shape index (κ1) is 11.1. The highest BCUT2D eigenvalue weighted by Crippen LogP contribution is 2.43. The molecule has 0 spiro atoms. The standard InChI is InChI=1S/C6H4BrCl3OS/c7-5-3(2(11)1-8)4(9)6(10)12-5/h2,11H,1H2. The number of alkyl halides is 1. The number of thiophene rings is 1. The summed E-state index contributed by atoms with van der Waals surface area (Å²) in [7, 11) is 0. The lowest BCUT2D eigenvalue weighted by molar-refractivity contribution is 0.202. The normalized spacial score (nSPS) is 13.4. The van der Waals surface area contributed by atoms with Crippen molar-refractivity contribution in [2.75, 3.05) is 5.88 Å². The average molecular weight is 310 g/mol. The summed E-state index contributed by atoms with van der Waals surface area (Å²) < 4.78 is 1.19. The number of hydrogen-bond donors (Lipinski definition) is 1. The molecule has 0 fully saturated rings. The molecule has 1 atom stereocenters. The molecule has 1 nitrogen and oxygen atoms in total. The molecule has 6 heteroatoms. The lowest BCUT2D eigenvalue weighted by Crippen LogP contribution is -1.97. The van der Waals surface area contributed by atoms with Gasteiger partial charge in [0.2, 0.25) is 0 Å². The molecule has 0 amide bonds. The molecule has 68 valence electrons. The van der Waals surface area contributed by atoms with Gasteiger partial charge in [0.05, 0.1) is 20.8 Å². The minimum Gasteiger partial charge on any atom is -0.387 e. The zero-order chi connectivity index (χ0) is 9.30. The number of hydrogen-bond acceptors (Lipinski definition) is 2. The van der Waals surface area contributed by atoms with E-state index in [0.717, 1.165) is 3.79 Å². The minimum absolute atomic E-state index is 0.103.